The van der Waals surface area contributed by atoms with E-state index in [1.807, 2.05) is 0 Å². The SMILES string of the molecule is Fc1ccc2c(OB(Oc3c(F)c(F)c4c(F)c(F)c5c(F)c(F)c(F)c6c(F)c(F)c3c4c56)c3c(F)c(F)c(F)c(F)c3-c3c(F)c(F)c(F)c(F)c3F)ccc(F)c2c1F. The summed E-state index contributed by atoms with van der Waals surface area (Å²) >= 11 is 0. The second-order valence-corrected chi connectivity index (χ2v) is 12.8. The van der Waals surface area contributed by atoms with E-state index in [2.05, 4.69) is 0 Å². The number of halogens is 21. The minimum atomic E-state index is -3.88. The lowest BCUT2D eigenvalue weighted by atomic mass is 9.72. The molecule has 8 rings (SSSR count). The summed E-state index contributed by atoms with van der Waals surface area (Å²) in [4.78, 5) is 0. The molecule has 0 heterocycles. The molecule has 0 spiro atoms. The molecule has 2 nitrogen and oxygen atoms in total. The normalized spacial score (nSPS) is 12.0. The van der Waals surface area contributed by atoms with Crippen molar-refractivity contribution in [2.45, 2.75) is 0 Å². The Hall–Kier alpha value is -6.75. The summed E-state index contributed by atoms with van der Waals surface area (Å²) in [5, 5.41) is -14.8. The maximum Gasteiger partial charge on any atom is 0.636 e. The first-order chi connectivity index (χ1) is 29.1. The topological polar surface area (TPSA) is 18.5 Å². The van der Waals surface area contributed by atoms with Crippen LogP contribution in [0.4, 0.5) is 92.2 Å². The molecule has 0 N–H and O–H groups in total. The molecule has 0 saturated carbocycles. The van der Waals surface area contributed by atoms with E-state index in [9.17, 15) is 35.1 Å². The highest BCUT2D eigenvalue weighted by molar-refractivity contribution is 6.65. The number of benzene rings is 8. The third-order valence-electron chi connectivity index (χ3n) is 9.61. The van der Waals surface area contributed by atoms with Crippen LogP contribution in [-0.4, -0.2) is 7.12 Å². The zero-order valence-corrected chi connectivity index (χ0v) is 28.6. The molecule has 0 aliphatic heterocycles. The molecule has 0 saturated heterocycles. The van der Waals surface area contributed by atoms with Crippen molar-refractivity contribution in [3.05, 3.63) is 146 Å². The van der Waals surface area contributed by atoms with E-state index in [4.69, 9.17) is 9.31 Å². The number of hydrogen-bond donors (Lipinski definition) is 0. The van der Waals surface area contributed by atoms with Crippen molar-refractivity contribution >= 4 is 55.7 Å². The van der Waals surface area contributed by atoms with Crippen LogP contribution >= 0.6 is 0 Å². The van der Waals surface area contributed by atoms with Gasteiger partial charge in [0.1, 0.15) is 11.6 Å². The van der Waals surface area contributed by atoms with Crippen molar-refractivity contribution in [3.63, 3.8) is 0 Å². The highest BCUT2D eigenvalue weighted by Crippen LogP contribution is 2.49. The smallest absolute Gasteiger partial charge is 0.521 e. The van der Waals surface area contributed by atoms with Gasteiger partial charge in [-0.05, 0) is 24.3 Å². The number of fused-ring (bicyclic) bond motifs is 1. The van der Waals surface area contributed by atoms with Crippen molar-refractivity contribution in [2.24, 2.45) is 0 Å². The fraction of sp³-hybridized carbons (Fsp3) is 0. The van der Waals surface area contributed by atoms with Crippen LogP contribution in [0.15, 0.2) is 24.3 Å². The van der Waals surface area contributed by atoms with Crippen LogP contribution in [-0.2, 0) is 0 Å². The van der Waals surface area contributed by atoms with Gasteiger partial charge in [-0.15, -0.1) is 0 Å². The van der Waals surface area contributed by atoms with Crippen LogP contribution in [0.2, 0.25) is 0 Å². The second-order valence-electron chi connectivity index (χ2n) is 12.8. The van der Waals surface area contributed by atoms with Gasteiger partial charge in [-0.2, -0.15) is 4.39 Å². The molecule has 0 aliphatic rings. The van der Waals surface area contributed by atoms with Crippen LogP contribution in [0.1, 0.15) is 0 Å². The standard InChI is InChI=1S/C38H4BF21O2/c40-6-3-4-8(5-1-2-7(41)19(42)9(5)6)61-39(18-12(20(43)32(55)35(58)30(18)53)16-26(49)33(56)36(59)34(57)27(16)50)62-38-17-11-10-13(21(44)22(45)15(11)28(51)37(38)60)24(47)31(54)25(48)14(10)23(46)29(17)52/h1-4H. The maximum atomic E-state index is 16.2. The lowest BCUT2D eigenvalue weighted by molar-refractivity contribution is 0.378. The molecule has 0 amide bonds. The van der Waals surface area contributed by atoms with Crippen LogP contribution in [0, 0.1) is 122 Å². The molecule has 0 unspecified atom stereocenters. The Morgan fingerprint density at radius 2 is 0.661 bits per heavy atom. The largest absolute Gasteiger partial charge is 0.636 e. The van der Waals surface area contributed by atoms with Crippen LogP contribution in [0.5, 0.6) is 11.5 Å². The first-order valence-corrected chi connectivity index (χ1v) is 16.2. The monoisotopic (exact) mass is 902 g/mol. The fourth-order valence-corrected chi connectivity index (χ4v) is 6.92. The average molecular weight is 902 g/mol. The van der Waals surface area contributed by atoms with E-state index in [1.54, 1.807) is 0 Å². The van der Waals surface area contributed by atoms with Gasteiger partial charge in [0.05, 0.1) is 38.0 Å². The summed E-state index contributed by atoms with van der Waals surface area (Å²) in [6, 6.07) is 1.06. The Balaban J connectivity index is 1.55. The van der Waals surface area contributed by atoms with Gasteiger partial charge in [0.15, 0.2) is 116 Å². The summed E-state index contributed by atoms with van der Waals surface area (Å²) in [6.45, 7) is 0. The van der Waals surface area contributed by atoms with Gasteiger partial charge in [-0.3, -0.25) is 0 Å². The van der Waals surface area contributed by atoms with Crippen molar-refractivity contribution < 1.29 is 102 Å². The van der Waals surface area contributed by atoms with Gasteiger partial charge in [0.25, 0.3) is 0 Å². The summed E-state index contributed by atoms with van der Waals surface area (Å²) in [7, 11) is -3.88. The average Bonchev–Trinajstić information content (AvgIpc) is 3.24. The van der Waals surface area contributed by atoms with Crippen molar-refractivity contribution in [1.29, 1.82) is 0 Å². The van der Waals surface area contributed by atoms with Crippen molar-refractivity contribution in [1.82, 2.24) is 0 Å². The molecule has 0 atom stereocenters. The van der Waals surface area contributed by atoms with E-state index < -0.39 is 200 Å². The number of rotatable bonds is 6. The van der Waals surface area contributed by atoms with Crippen LogP contribution in [0.3, 0.4) is 0 Å². The molecule has 8 aromatic rings. The molecule has 8 aromatic carbocycles. The molecule has 318 valence electrons. The Morgan fingerprint density at radius 1 is 0.274 bits per heavy atom. The van der Waals surface area contributed by atoms with E-state index in [0.29, 0.717) is 6.07 Å². The third kappa shape index (κ3) is 5.46. The molecule has 0 aliphatic carbocycles. The zero-order chi connectivity index (χ0) is 45.4. The molecule has 0 fully saturated rings. The van der Waals surface area contributed by atoms with E-state index in [0.717, 1.165) is 0 Å². The van der Waals surface area contributed by atoms with Gasteiger partial charge in [0.2, 0.25) is 5.82 Å². The zero-order valence-electron chi connectivity index (χ0n) is 28.6. The molecular weight excluding hydrogens is 898 g/mol. The van der Waals surface area contributed by atoms with E-state index in [1.165, 1.54) is 0 Å². The fourth-order valence-electron chi connectivity index (χ4n) is 6.92. The highest BCUT2D eigenvalue weighted by atomic mass is 19.2. The predicted octanol–water partition coefficient (Wildman–Crippen LogP) is 12.2. The Kier molecular flexibility index (Phi) is 9.58. The lowest BCUT2D eigenvalue weighted by Crippen LogP contribution is -2.47. The second kappa shape index (κ2) is 14.2. The first-order valence-electron chi connectivity index (χ1n) is 16.2. The predicted molar refractivity (Wildman–Crippen MR) is 172 cm³/mol. The van der Waals surface area contributed by atoms with Crippen molar-refractivity contribution in [2.75, 3.05) is 0 Å². The Bertz CT molecular complexity index is 3280. The number of hydrogen-bond acceptors (Lipinski definition) is 2. The first kappa shape index (κ1) is 42.0. The van der Waals surface area contributed by atoms with Crippen molar-refractivity contribution in [3.8, 4) is 22.6 Å². The summed E-state index contributed by atoms with van der Waals surface area (Å²) < 4.78 is 329. The van der Waals surface area contributed by atoms with E-state index in [-0.39, 0.29) is 18.2 Å². The van der Waals surface area contributed by atoms with Gasteiger partial charge >= 0.3 is 7.12 Å². The highest BCUT2D eigenvalue weighted by Gasteiger charge is 2.45. The van der Waals surface area contributed by atoms with Crippen LogP contribution < -0.4 is 14.8 Å². The van der Waals surface area contributed by atoms with Gasteiger partial charge in [0, 0.05) is 21.7 Å². The lowest BCUT2D eigenvalue weighted by Gasteiger charge is -2.24. The van der Waals surface area contributed by atoms with E-state index >= 15 is 57.1 Å². The molecule has 24 heteroatoms. The van der Waals surface area contributed by atoms with Gasteiger partial charge in [-0.25, -0.2) is 87.8 Å². The molecule has 62 heavy (non-hydrogen) atoms. The van der Waals surface area contributed by atoms with Crippen LogP contribution in [0.25, 0.3) is 54.2 Å². The third-order valence-corrected chi connectivity index (χ3v) is 9.61. The minimum absolute atomic E-state index is 0.162. The summed E-state index contributed by atoms with van der Waals surface area (Å²) in [5.74, 6) is -62.3. The minimum Gasteiger partial charge on any atom is -0.521 e. The summed E-state index contributed by atoms with van der Waals surface area (Å²) in [6.07, 6.45) is 0. The van der Waals surface area contributed by atoms with Gasteiger partial charge < -0.3 is 9.31 Å². The summed E-state index contributed by atoms with van der Waals surface area (Å²) in [5.41, 5.74) is -7.96. The molecule has 0 bridgehead atoms. The Morgan fingerprint density at radius 3 is 1.19 bits per heavy atom. The molecule has 0 aromatic heterocycles. The quantitative estimate of drug-likeness (QED) is 0.0544. The molecule has 0 radical (unpaired) electrons. The maximum absolute atomic E-state index is 16.2. The Labute approximate surface area is 326 Å². The van der Waals surface area contributed by atoms with Gasteiger partial charge in [-0.1, -0.05) is 0 Å². The molecular formula is C38H4BF21O2.